The smallest absolute Gasteiger partial charge is 0.285 e. The molecular weight excluding hydrogens is 407 g/mol. The highest BCUT2D eigenvalue weighted by Crippen LogP contribution is 2.30. The maximum absolute atomic E-state index is 14.0. The monoisotopic (exact) mass is 426 g/mol. The van der Waals surface area contributed by atoms with E-state index in [9.17, 15) is 22.9 Å². The number of rotatable bonds is 3. The van der Waals surface area contributed by atoms with Gasteiger partial charge in [0.15, 0.2) is 5.84 Å². The lowest BCUT2D eigenvalue weighted by Crippen LogP contribution is -2.43. The summed E-state index contributed by atoms with van der Waals surface area (Å²) in [5, 5.41) is 12.0. The molecule has 0 aromatic heterocycles. The number of piperidine rings is 1. The molecule has 2 aromatic rings. The molecule has 2 aliphatic rings. The topological polar surface area (TPSA) is 103 Å². The molecule has 9 heteroatoms. The normalized spacial score (nSPS) is 18.8. The number of likely N-dealkylation sites (tertiary alicyclic amines) is 1. The third kappa shape index (κ3) is 3.66. The molecule has 30 heavy (non-hydrogen) atoms. The van der Waals surface area contributed by atoms with E-state index in [0.29, 0.717) is 37.3 Å². The van der Waals surface area contributed by atoms with E-state index in [1.54, 1.807) is 24.3 Å². The Morgan fingerprint density at radius 1 is 1.17 bits per heavy atom. The number of nitrogens with one attached hydrogen (secondary N) is 1. The number of fused-ring (bicyclic) bond motifs is 1. The fraction of sp³-hybridized carbons (Fsp3) is 0.286. The zero-order valence-corrected chi connectivity index (χ0v) is 16.8. The van der Waals surface area contributed by atoms with Gasteiger partial charge >= 0.3 is 0 Å². The maximum Gasteiger partial charge on any atom is 0.285 e. The van der Waals surface area contributed by atoms with Crippen LogP contribution in [0.15, 0.2) is 57.8 Å². The van der Waals surface area contributed by atoms with E-state index in [2.05, 4.69) is 9.71 Å². The second-order valence-corrected chi connectivity index (χ2v) is 8.81. The zero-order valence-electron chi connectivity index (χ0n) is 16.0. The zero-order chi connectivity index (χ0) is 21.3. The lowest BCUT2D eigenvalue weighted by Gasteiger charge is -2.33. The van der Waals surface area contributed by atoms with Gasteiger partial charge in [0.05, 0.1) is 6.07 Å². The van der Waals surface area contributed by atoms with Crippen molar-refractivity contribution >= 4 is 21.8 Å². The van der Waals surface area contributed by atoms with Crippen LogP contribution in [0.1, 0.15) is 30.0 Å². The molecule has 1 N–H and O–H groups in total. The number of amidine groups is 1. The van der Waals surface area contributed by atoms with Gasteiger partial charge in [-0.2, -0.15) is 13.7 Å². The summed E-state index contributed by atoms with van der Waals surface area (Å²) < 4.78 is 42.4. The summed E-state index contributed by atoms with van der Waals surface area (Å²) in [5.41, 5.74) is 0.706. The first-order valence-corrected chi connectivity index (χ1v) is 11.0. The van der Waals surface area contributed by atoms with Crippen molar-refractivity contribution in [2.75, 3.05) is 13.1 Å². The largest absolute Gasteiger partial charge is 0.355 e. The van der Waals surface area contributed by atoms with Crippen LogP contribution in [0.4, 0.5) is 4.39 Å². The Morgan fingerprint density at radius 3 is 2.53 bits per heavy atom. The molecule has 1 unspecified atom stereocenters. The van der Waals surface area contributed by atoms with Crippen molar-refractivity contribution in [1.29, 1.82) is 5.26 Å². The molecule has 2 aromatic carbocycles. The van der Waals surface area contributed by atoms with E-state index >= 15 is 0 Å². The van der Waals surface area contributed by atoms with Crippen molar-refractivity contribution < 1.29 is 17.6 Å². The van der Waals surface area contributed by atoms with Gasteiger partial charge in [0.25, 0.3) is 10.0 Å². The van der Waals surface area contributed by atoms with Crippen molar-refractivity contribution in [3.63, 3.8) is 0 Å². The van der Waals surface area contributed by atoms with E-state index in [0.717, 1.165) is 0 Å². The lowest BCUT2D eigenvalue weighted by molar-refractivity contribution is -0.126. The minimum atomic E-state index is -3.69. The van der Waals surface area contributed by atoms with Gasteiger partial charge < -0.3 is 10.2 Å². The Kier molecular flexibility index (Phi) is 5.26. The summed E-state index contributed by atoms with van der Waals surface area (Å²) in [6.07, 6.45) is 0.949. The van der Waals surface area contributed by atoms with Crippen molar-refractivity contribution in [1.82, 2.24) is 10.2 Å². The summed E-state index contributed by atoms with van der Waals surface area (Å²) in [5.74, 6) is -0.799. The average Bonchev–Trinajstić information content (AvgIpc) is 3.04. The first-order chi connectivity index (χ1) is 14.4. The minimum Gasteiger partial charge on any atom is -0.355 e. The summed E-state index contributed by atoms with van der Waals surface area (Å²) in [6, 6.07) is 13.4. The molecule has 4 rings (SSSR count). The first-order valence-electron chi connectivity index (χ1n) is 9.54. The van der Waals surface area contributed by atoms with Gasteiger partial charge in [0, 0.05) is 30.1 Å². The first kappa shape index (κ1) is 20.0. The Balaban J connectivity index is 1.42. The fourth-order valence-electron chi connectivity index (χ4n) is 3.82. The summed E-state index contributed by atoms with van der Waals surface area (Å²) in [4.78, 5) is 14.7. The van der Waals surface area contributed by atoms with Crippen molar-refractivity contribution in [3.05, 3.63) is 65.5 Å². The molecule has 1 saturated heterocycles. The predicted molar refractivity (Wildman–Crippen MR) is 107 cm³/mol. The molecular formula is C21H19FN4O3S. The van der Waals surface area contributed by atoms with Crippen LogP contribution >= 0.6 is 0 Å². The molecule has 2 aliphatic heterocycles. The number of hydrogen-bond donors (Lipinski definition) is 1. The van der Waals surface area contributed by atoms with Crippen molar-refractivity contribution in [2.45, 2.75) is 23.8 Å². The molecule has 2 heterocycles. The minimum absolute atomic E-state index is 0.132. The van der Waals surface area contributed by atoms with Gasteiger partial charge in [0.2, 0.25) is 5.91 Å². The number of hydrogen-bond acceptors (Lipinski definition) is 5. The van der Waals surface area contributed by atoms with Gasteiger partial charge in [-0.1, -0.05) is 30.3 Å². The Labute approximate surface area is 173 Å². The molecule has 0 saturated carbocycles. The van der Waals surface area contributed by atoms with Crippen LogP contribution in [0.3, 0.4) is 0 Å². The van der Waals surface area contributed by atoms with Gasteiger partial charge in [-0.25, -0.2) is 4.39 Å². The van der Waals surface area contributed by atoms with Gasteiger partial charge in [0.1, 0.15) is 16.8 Å². The average molecular weight is 426 g/mol. The van der Waals surface area contributed by atoms with E-state index in [1.807, 2.05) is 11.0 Å². The SMILES string of the molecule is N#CC(NC(=O)C1CCN(C2=NS(=O)(=O)c3ccccc32)CC1)c1ccccc1F. The number of nitrogens with zero attached hydrogens (tertiary/aromatic N) is 3. The van der Waals surface area contributed by atoms with Gasteiger partial charge in [-0.3, -0.25) is 4.79 Å². The number of nitriles is 1. The number of amides is 1. The van der Waals surface area contributed by atoms with E-state index in [4.69, 9.17) is 0 Å². The lowest BCUT2D eigenvalue weighted by atomic mass is 9.94. The fourth-order valence-corrected chi connectivity index (χ4v) is 5.05. The third-order valence-corrected chi connectivity index (χ3v) is 6.73. The van der Waals surface area contributed by atoms with Crippen LogP contribution in [-0.2, 0) is 14.8 Å². The molecule has 154 valence electrons. The van der Waals surface area contributed by atoms with Crippen LogP contribution in [0.2, 0.25) is 0 Å². The number of carbonyl (C=O) groups is 1. The Bertz CT molecular complexity index is 1160. The number of benzene rings is 2. The Morgan fingerprint density at radius 2 is 1.83 bits per heavy atom. The molecule has 0 spiro atoms. The highest BCUT2D eigenvalue weighted by atomic mass is 32.2. The molecule has 0 bridgehead atoms. The summed E-state index contributed by atoms with van der Waals surface area (Å²) >= 11 is 0. The quantitative estimate of drug-likeness (QED) is 0.812. The molecule has 1 amide bonds. The molecule has 1 fully saturated rings. The van der Waals surface area contributed by atoms with E-state index < -0.39 is 21.9 Å². The second kappa shape index (κ2) is 7.88. The summed E-state index contributed by atoms with van der Waals surface area (Å²) in [7, 11) is -3.69. The van der Waals surface area contributed by atoms with Gasteiger partial charge in [-0.15, -0.1) is 4.40 Å². The highest BCUT2D eigenvalue weighted by Gasteiger charge is 2.34. The predicted octanol–water partition coefficient (Wildman–Crippen LogP) is 2.37. The van der Waals surface area contributed by atoms with Crippen molar-refractivity contribution in [3.8, 4) is 6.07 Å². The Hall–Kier alpha value is -3.25. The molecule has 0 radical (unpaired) electrons. The van der Waals surface area contributed by atoms with Crippen LogP contribution in [0.25, 0.3) is 0 Å². The van der Waals surface area contributed by atoms with Crippen LogP contribution < -0.4 is 5.32 Å². The van der Waals surface area contributed by atoms with Crippen LogP contribution in [-0.4, -0.2) is 38.2 Å². The maximum atomic E-state index is 14.0. The second-order valence-electron chi connectivity index (χ2n) is 7.24. The van der Waals surface area contributed by atoms with Crippen molar-refractivity contribution in [2.24, 2.45) is 10.3 Å². The molecule has 0 aliphatic carbocycles. The molecule has 1 atom stereocenters. The van der Waals surface area contributed by atoms with Crippen LogP contribution in [0.5, 0.6) is 0 Å². The number of sulfonamides is 1. The van der Waals surface area contributed by atoms with E-state index in [-0.39, 0.29) is 22.3 Å². The highest BCUT2D eigenvalue weighted by molar-refractivity contribution is 7.90. The van der Waals surface area contributed by atoms with Crippen LogP contribution in [0, 0.1) is 23.1 Å². The standard InChI is InChI=1S/C21H19FN4O3S/c22-17-7-3-1-5-15(17)18(13-23)24-21(27)14-9-11-26(12-10-14)20-16-6-2-4-8-19(16)30(28,29)25-20/h1-8,14,18H,9-12H2,(H,24,27). The third-order valence-electron chi connectivity index (χ3n) is 5.41. The van der Waals surface area contributed by atoms with E-state index in [1.165, 1.54) is 24.3 Å². The van der Waals surface area contributed by atoms with Gasteiger partial charge in [-0.05, 0) is 31.0 Å². The number of halogens is 1. The summed E-state index contributed by atoms with van der Waals surface area (Å²) in [6.45, 7) is 0.912. The number of carbonyl (C=O) groups excluding carboxylic acids is 1. The molecule has 7 nitrogen and oxygen atoms in total.